The van der Waals surface area contributed by atoms with Gasteiger partial charge in [-0.2, -0.15) is 0 Å². The molecule has 4 heteroatoms. The Hall–Kier alpha value is -2.10. The SMILES string of the molecule is C=C(C)CN(CC)C(=O)c1cccc(C(=O)O)c1. The molecule has 18 heavy (non-hydrogen) atoms. The summed E-state index contributed by atoms with van der Waals surface area (Å²) in [5.74, 6) is -1.21. The van der Waals surface area contributed by atoms with Crippen molar-refractivity contribution < 1.29 is 14.7 Å². The fraction of sp³-hybridized carbons (Fsp3) is 0.286. The van der Waals surface area contributed by atoms with Crippen molar-refractivity contribution in [2.45, 2.75) is 13.8 Å². The second kappa shape index (κ2) is 6.00. The number of rotatable bonds is 5. The summed E-state index contributed by atoms with van der Waals surface area (Å²) in [5, 5.41) is 8.89. The largest absolute Gasteiger partial charge is 0.478 e. The Bertz CT molecular complexity index is 480. The van der Waals surface area contributed by atoms with Crippen molar-refractivity contribution in [3.05, 3.63) is 47.5 Å². The van der Waals surface area contributed by atoms with Crippen LogP contribution in [-0.2, 0) is 0 Å². The van der Waals surface area contributed by atoms with Gasteiger partial charge in [0.15, 0.2) is 0 Å². The number of nitrogens with zero attached hydrogens (tertiary/aromatic N) is 1. The smallest absolute Gasteiger partial charge is 0.335 e. The predicted molar refractivity (Wildman–Crippen MR) is 69.8 cm³/mol. The summed E-state index contributed by atoms with van der Waals surface area (Å²) in [6.45, 7) is 8.54. The molecular weight excluding hydrogens is 230 g/mol. The number of carboxylic acid groups (broad SMARTS) is 1. The minimum absolute atomic E-state index is 0.118. The first-order valence-corrected chi connectivity index (χ1v) is 5.72. The lowest BCUT2D eigenvalue weighted by atomic mass is 10.1. The van der Waals surface area contributed by atoms with Gasteiger partial charge in [0.05, 0.1) is 5.56 Å². The molecule has 0 unspecified atom stereocenters. The molecule has 0 aliphatic rings. The summed E-state index contributed by atoms with van der Waals surface area (Å²) in [5.41, 5.74) is 1.39. The molecule has 0 heterocycles. The minimum Gasteiger partial charge on any atom is -0.478 e. The Labute approximate surface area is 107 Å². The van der Waals surface area contributed by atoms with Gasteiger partial charge in [-0.05, 0) is 32.0 Å². The maximum atomic E-state index is 12.2. The van der Waals surface area contributed by atoms with Crippen LogP contribution in [0.3, 0.4) is 0 Å². The normalized spacial score (nSPS) is 9.89. The monoisotopic (exact) mass is 247 g/mol. The average molecular weight is 247 g/mol. The maximum Gasteiger partial charge on any atom is 0.335 e. The van der Waals surface area contributed by atoms with Crippen LogP contribution in [0.4, 0.5) is 0 Å². The molecule has 0 saturated heterocycles. The van der Waals surface area contributed by atoms with Crippen molar-refractivity contribution in [1.82, 2.24) is 4.90 Å². The number of hydrogen-bond donors (Lipinski definition) is 1. The van der Waals surface area contributed by atoms with Gasteiger partial charge in [0, 0.05) is 18.7 Å². The summed E-state index contributed by atoms with van der Waals surface area (Å²) in [4.78, 5) is 24.7. The molecule has 0 aliphatic heterocycles. The third-order valence-corrected chi connectivity index (χ3v) is 2.49. The van der Waals surface area contributed by atoms with Crippen LogP contribution in [0.1, 0.15) is 34.6 Å². The Kier molecular flexibility index (Phi) is 4.66. The van der Waals surface area contributed by atoms with E-state index in [4.69, 9.17) is 5.11 Å². The summed E-state index contributed by atoms with van der Waals surface area (Å²) >= 11 is 0. The molecule has 1 amide bonds. The van der Waals surface area contributed by atoms with Crippen LogP contribution >= 0.6 is 0 Å². The second-order valence-electron chi connectivity index (χ2n) is 4.16. The number of aromatic carboxylic acids is 1. The van der Waals surface area contributed by atoms with E-state index in [9.17, 15) is 9.59 Å². The molecule has 0 fully saturated rings. The van der Waals surface area contributed by atoms with Gasteiger partial charge in [-0.1, -0.05) is 18.2 Å². The van der Waals surface area contributed by atoms with Crippen LogP contribution in [0.15, 0.2) is 36.4 Å². The van der Waals surface area contributed by atoms with Crippen LogP contribution in [0, 0.1) is 0 Å². The maximum absolute atomic E-state index is 12.2. The third-order valence-electron chi connectivity index (χ3n) is 2.49. The highest BCUT2D eigenvalue weighted by Crippen LogP contribution is 2.10. The van der Waals surface area contributed by atoms with Gasteiger partial charge in [-0.25, -0.2) is 4.79 Å². The summed E-state index contributed by atoms with van der Waals surface area (Å²) in [7, 11) is 0. The zero-order valence-electron chi connectivity index (χ0n) is 10.6. The lowest BCUT2D eigenvalue weighted by Crippen LogP contribution is -2.32. The molecule has 0 spiro atoms. The highest BCUT2D eigenvalue weighted by Gasteiger charge is 2.15. The Morgan fingerprint density at radius 2 is 1.94 bits per heavy atom. The van der Waals surface area contributed by atoms with Crippen LogP contribution in [0.2, 0.25) is 0 Å². The van der Waals surface area contributed by atoms with Crippen molar-refractivity contribution >= 4 is 11.9 Å². The first-order chi connectivity index (χ1) is 8.45. The number of carbonyl (C=O) groups excluding carboxylic acids is 1. The third kappa shape index (κ3) is 3.45. The Morgan fingerprint density at radius 1 is 1.33 bits per heavy atom. The van der Waals surface area contributed by atoms with Gasteiger partial charge >= 0.3 is 5.97 Å². The molecule has 0 radical (unpaired) electrons. The molecule has 0 aromatic heterocycles. The van der Waals surface area contributed by atoms with Gasteiger partial charge in [0.2, 0.25) is 0 Å². The number of amides is 1. The molecular formula is C14H17NO3. The zero-order valence-corrected chi connectivity index (χ0v) is 10.6. The molecule has 1 aromatic rings. The quantitative estimate of drug-likeness (QED) is 0.813. The van der Waals surface area contributed by atoms with Gasteiger partial charge in [-0.15, -0.1) is 0 Å². The molecule has 1 N–H and O–H groups in total. The number of carbonyl (C=O) groups is 2. The van der Waals surface area contributed by atoms with Crippen LogP contribution in [0.5, 0.6) is 0 Å². The molecule has 1 rings (SSSR count). The van der Waals surface area contributed by atoms with Crippen LogP contribution in [0.25, 0.3) is 0 Å². The number of likely N-dealkylation sites (N-methyl/N-ethyl adjacent to an activating group) is 1. The van der Waals surface area contributed by atoms with E-state index in [-0.39, 0.29) is 11.5 Å². The molecule has 0 atom stereocenters. The van der Waals surface area contributed by atoms with Crippen molar-refractivity contribution in [1.29, 1.82) is 0 Å². The van der Waals surface area contributed by atoms with Crippen LogP contribution in [-0.4, -0.2) is 35.0 Å². The fourth-order valence-corrected chi connectivity index (χ4v) is 1.62. The van der Waals surface area contributed by atoms with Crippen molar-refractivity contribution in [2.75, 3.05) is 13.1 Å². The van der Waals surface area contributed by atoms with Gasteiger partial charge in [0.25, 0.3) is 5.91 Å². The average Bonchev–Trinajstić information content (AvgIpc) is 2.35. The summed E-state index contributed by atoms with van der Waals surface area (Å²) < 4.78 is 0. The van der Waals surface area contributed by atoms with E-state index >= 15 is 0 Å². The van der Waals surface area contributed by atoms with E-state index in [2.05, 4.69) is 6.58 Å². The predicted octanol–water partition coefficient (Wildman–Crippen LogP) is 2.42. The lowest BCUT2D eigenvalue weighted by Gasteiger charge is -2.21. The molecule has 0 aliphatic carbocycles. The molecule has 0 bridgehead atoms. The zero-order chi connectivity index (χ0) is 13.7. The molecule has 0 saturated carbocycles. The van der Waals surface area contributed by atoms with E-state index < -0.39 is 5.97 Å². The minimum atomic E-state index is -1.03. The number of carboxylic acids is 1. The summed E-state index contributed by atoms with van der Waals surface area (Å²) in [6, 6.07) is 6.06. The first-order valence-electron chi connectivity index (χ1n) is 5.72. The Balaban J connectivity index is 2.98. The van der Waals surface area contributed by atoms with Gasteiger partial charge in [0.1, 0.15) is 0 Å². The van der Waals surface area contributed by atoms with Gasteiger partial charge < -0.3 is 10.0 Å². The fourth-order valence-electron chi connectivity index (χ4n) is 1.62. The Morgan fingerprint density at radius 3 is 2.44 bits per heavy atom. The lowest BCUT2D eigenvalue weighted by molar-refractivity contribution is 0.0697. The topological polar surface area (TPSA) is 57.6 Å². The standard InChI is InChI=1S/C14H17NO3/c1-4-15(9-10(2)3)13(16)11-6-5-7-12(8-11)14(17)18/h5-8H,2,4,9H2,1,3H3,(H,17,18). The van der Waals surface area contributed by atoms with Gasteiger partial charge in [-0.3, -0.25) is 4.79 Å². The molecule has 96 valence electrons. The van der Waals surface area contributed by atoms with Crippen molar-refractivity contribution in [3.63, 3.8) is 0 Å². The molecule has 1 aromatic carbocycles. The van der Waals surface area contributed by atoms with Crippen LogP contribution < -0.4 is 0 Å². The van der Waals surface area contributed by atoms with E-state index in [0.29, 0.717) is 18.7 Å². The van der Waals surface area contributed by atoms with Crippen molar-refractivity contribution in [3.8, 4) is 0 Å². The highest BCUT2D eigenvalue weighted by atomic mass is 16.4. The molecule has 4 nitrogen and oxygen atoms in total. The van der Waals surface area contributed by atoms with Crippen molar-refractivity contribution in [2.24, 2.45) is 0 Å². The van der Waals surface area contributed by atoms with E-state index in [0.717, 1.165) is 5.57 Å². The second-order valence-corrected chi connectivity index (χ2v) is 4.16. The number of hydrogen-bond acceptors (Lipinski definition) is 2. The number of benzene rings is 1. The van der Waals surface area contributed by atoms with E-state index in [1.165, 1.54) is 12.1 Å². The highest BCUT2D eigenvalue weighted by molar-refractivity contribution is 5.97. The first kappa shape index (κ1) is 14.0. The van der Waals surface area contributed by atoms with E-state index in [1.807, 2.05) is 13.8 Å². The summed E-state index contributed by atoms with van der Waals surface area (Å²) in [6.07, 6.45) is 0. The van der Waals surface area contributed by atoms with E-state index in [1.54, 1.807) is 17.0 Å².